The van der Waals surface area contributed by atoms with E-state index in [1.807, 2.05) is 0 Å². The van der Waals surface area contributed by atoms with Crippen molar-refractivity contribution in [3.8, 4) is 0 Å². The Balaban J connectivity index is 1.92. The molecule has 0 spiro atoms. The van der Waals surface area contributed by atoms with Crippen LogP contribution in [0.3, 0.4) is 0 Å². The van der Waals surface area contributed by atoms with Crippen LogP contribution in [-0.2, 0) is 10.5 Å². The Hall–Kier alpha value is -1.82. The molecule has 0 bridgehead atoms. The maximum Gasteiger partial charge on any atom is 0.396 e. The fourth-order valence-corrected chi connectivity index (χ4v) is 2.41. The third kappa shape index (κ3) is 4.32. The van der Waals surface area contributed by atoms with E-state index in [9.17, 15) is 4.79 Å². The van der Waals surface area contributed by atoms with Gasteiger partial charge in [0, 0.05) is 5.75 Å². The molecular formula is C15H18N2O3S. The first-order valence-electron chi connectivity index (χ1n) is 6.82. The molecule has 1 aromatic carbocycles. The van der Waals surface area contributed by atoms with Crippen molar-refractivity contribution >= 4 is 17.7 Å². The van der Waals surface area contributed by atoms with Gasteiger partial charge in [-0.1, -0.05) is 55.0 Å². The Morgan fingerprint density at radius 3 is 2.62 bits per heavy atom. The summed E-state index contributed by atoms with van der Waals surface area (Å²) in [5.41, 5.74) is 2.48. The predicted molar refractivity (Wildman–Crippen MR) is 80.3 cm³/mol. The highest BCUT2D eigenvalue weighted by Crippen LogP contribution is 2.23. The number of carbonyl (C=O) groups is 1. The van der Waals surface area contributed by atoms with Gasteiger partial charge < -0.3 is 9.15 Å². The summed E-state index contributed by atoms with van der Waals surface area (Å²) in [5, 5.41) is 7.86. The molecule has 0 atom stereocenters. The molecule has 2 aromatic rings. The number of benzene rings is 1. The van der Waals surface area contributed by atoms with Crippen LogP contribution in [0.15, 0.2) is 33.9 Å². The lowest BCUT2D eigenvalue weighted by Crippen LogP contribution is -2.04. The molecule has 6 heteroatoms. The highest BCUT2D eigenvalue weighted by atomic mass is 32.2. The van der Waals surface area contributed by atoms with Gasteiger partial charge in [0.25, 0.3) is 5.22 Å². The van der Waals surface area contributed by atoms with Gasteiger partial charge in [-0.25, -0.2) is 4.79 Å². The third-order valence-corrected chi connectivity index (χ3v) is 3.75. The molecule has 0 aliphatic rings. The van der Waals surface area contributed by atoms with E-state index in [4.69, 9.17) is 9.15 Å². The van der Waals surface area contributed by atoms with Gasteiger partial charge in [-0.3, -0.25) is 0 Å². The molecule has 0 amide bonds. The lowest BCUT2D eigenvalue weighted by atomic mass is 10.0. The number of ether oxygens (including phenoxy) is 1. The lowest BCUT2D eigenvalue weighted by Gasteiger charge is -2.05. The zero-order valence-electron chi connectivity index (χ0n) is 12.3. The first-order chi connectivity index (χ1) is 10.1. The third-order valence-electron chi connectivity index (χ3n) is 2.87. The fraction of sp³-hybridized carbons (Fsp3) is 0.400. The minimum absolute atomic E-state index is 0.102. The van der Waals surface area contributed by atoms with Gasteiger partial charge in [-0.2, -0.15) is 0 Å². The SMILES string of the molecule is CCOC(=O)c1nnc(SCc2ccc(C(C)C)cc2)o1. The number of nitrogens with zero attached hydrogens (tertiary/aromatic N) is 2. The van der Waals surface area contributed by atoms with Crippen LogP contribution in [0.1, 0.15) is 48.5 Å². The summed E-state index contributed by atoms with van der Waals surface area (Å²) in [4.78, 5) is 11.4. The molecule has 0 unspecified atom stereocenters. The number of rotatable bonds is 6. The van der Waals surface area contributed by atoms with E-state index >= 15 is 0 Å². The van der Waals surface area contributed by atoms with E-state index in [1.54, 1.807) is 6.92 Å². The van der Waals surface area contributed by atoms with Gasteiger partial charge in [0.05, 0.1) is 6.61 Å². The second-order valence-corrected chi connectivity index (χ2v) is 5.71. The molecule has 0 saturated carbocycles. The van der Waals surface area contributed by atoms with Gasteiger partial charge in [0.1, 0.15) is 0 Å². The van der Waals surface area contributed by atoms with Crippen molar-refractivity contribution in [1.29, 1.82) is 0 Å². The minimum Gasteiger partial charge on any atom is -0.459 e. The number of hydrogen-bond acceptors (Lipinski definition) is 6. The summed E-state index contributed by atoms with van der Waals surface area (Å²) in [5.74, 6) is 0.547. The lowest BCUT2D eigenvalue weighted by molar-refractivity contribution is 0.0475. The quantitative estimate of drug-likeness (QED) is 0.599. The van der Waals surface area contributed by atoms with Crippen LogP contribution in [0.2, 0.25) is 0 Å². The normalized spacial score (nSPS) is 10.9. The Labute approximate surface area is 128 Å². The van der Waals surface area contributed by atoms with Crippen LogP contribution in [0.4, 0.5) is 0 Å². The largest absolute Gasteiger partial charge is 0.459 e. The fourth-order valence-electron chi connectivity index (χ4n) is 1.69. The van der Waals surface area contributed by atoms with Gasteiger partial charge >= 0.3 is 11.9 Å². The second-order valence-electron chi connectivity index (χ2n) is 4.78. The molecule has 1 heterocycles. The molecule has 1 aromatic heterocycles. The van der Waals surface area contributed by atoms with Crippen LogP contribution in [0.5, 0.6) is 0 Å². The summed E-state index contributed by atoms with van der Waals surface area (Å²) < 4.78 is 10.0. The van der Waals surface area contributed by atoms with Crippen molar-refractivity contribution in [2.75, 3.05) is 6.61 Å². The zero-order valence-corrected chi connectivity index (χ0v) is 13.1. The molecule has 5 nitrogen and oxygen atoms in total. The predicted octanol–water partition coefficient (Wildman–Crippen LogP) is 3.66. The smallest absolute Gasteiger partial charge is 0.396 e. The van der Waals surface area contributed by atoms with Crippen LogP contribution in [0.25, 0.3) is 0 Å². The monoisotopic (exact) mass is 306 g/mol. The van der Waals surface area contributed by atoms with E-state index in [2.05, 4.69) is 48.3 Å². The van der Waals surface area contributed by atoms with Crippen LogP contribution in [0, 0.1) is 0 Å². The molecule has 112 valence electrons. The van der Waals surface area contributed by atoms with Crippen molar-refractivity contribution in [1.82, 2.24) is 10.2 Å². The summed E-state index contributed by atoms with van der Waals surface area (Å²) in [6.07, 6.45) is 0. The molecule has 0 aliphatic carbocycles. The Bertz CT molecular complexity index is 593. The molecule has 0 radical (unpaired) electrons. The van der Waals surface area contributed by atoms with Crippen LogP contribution < -0.4 is 0 Å². The van der Waals surface area contributed by atoms with E-state index in [0.717, 1.165) is 0 Å². The topological polar surface area (TPSA) is 65.2 Å². The van der Waals surface area contributed by atoms with Gasteiger partial charge in [-0.05, 0) is 24.0 Å². The van der Waals surface area contributed by atoms with Crippen molar-refractivity contribution in [2.45, 2.75) is 37.7 Å². The summed E-state index contributed by atoms with van der Waals surface area (Å²) in [7, 11) is 0. The van der Waals surface area contributed by atoms with Crippen molar-refractivity contribution < 1.29 is 13.9 Å². The number of aromatic nitrogens is 2. The number of carbonyl (C=O) groups excluding carboxylic acids is 1. The summed E-state index contributed by atoms with van der Waals surface area (Å²) in [6.45, 7) is 6.34. The Morgan fingerprint density at radius 1 is 1.29 bits per heavy atom. The molecule has 0 saturated heterocycles. The maximum atomic E-state index is 11.4. The molecule has 2 rings (SSSR count). The minimum atomic E-state index is -0.585. The standard InChI is InChI=1S/C15H18N2O3S/c1-4-19-14(18)13-16-17-15(20-13)21-9-11-5-7-12(8-6-11)10(2)3/h5-8,10H,4,9H2,1-3H3. The van der Waals surface area contributed by atoms with Crippen molar-refractivity contribution in [3.05, 3.63) is 41.3 Å². The maximum absolute atomic E-state index is 11.4. The van der Waals surface area contributed by atoms with Gasteiger partial charge in [0.2, 0.25) is 0 Å². The van der Waals surface area contributed by atoms with E-state index in [1.165, 1.54) is 22.9 Å². The van der Waals surface area contributed by atoms with Crippen LogP contribution in [-0.4, -0.2) is 22.8 Å². The molecular weight excluding hydrogens is 288 g/mol. The van der Waals surface area contributed by atoms with E-state index in [0.29, 0.717) is 16.9 Å². The highest BCUT2D eigenvalue weighted by Gasteiger charge is 2.16. The molecule has 0 fully saturated rings. The molecule has 0 aliphatic heterocycles. The van der Waals surface area contributed by atoms with Crippen molar-refractivity contribution in [2.24, 2.45) is 0 Å². The average molecular weight is 306 g/mol. The van der Waals surface area contributed by atoms with Gasteiger partial charge in [-0.15, -0.1) is 5.10 Å². The zero-order chi connectivity index (χ0) is 15.2. The Kier molecular flexibility index (Phi) is 5.38. The second kappa shape index (κ2) is 7.26. The average Bonchev–Trinajstić information content (AvgIpc) is 2.95. The number of hydrogen-bond donors (Lipinski definition) is 0. The first kappa shape index (κ1) is 15.6. The molecule has 21 heavy (non-hydrogen) atoms. The van der Waals surface area contributed by atoms with Crippen LogP contribution >= 0.6 is 11.8 Å². The van der Waals surface area contributed by atoms with E-state index < -0.39 is 5.97 Å². The highest BCUT2D eigenvalue weighted by molar-refractivity contribution is 7.98. The number of esters is 1. The van der Waals surface area contributed by atoms with Crippen molar-refractivity contribution in [3.63, 3.8) is 0 Å². The Morgan fingerprint density at radius 2 is 2.00 bits per heavy atom. The van der Waals surface area contributed by atoms with E-state index in [-0.39, 0.29) is 12.5 Å². The summed E-state index contributed by atoms with van der Waals surface area (Å²) in [6, 6.07) is 8.42. The molecule has 0 N–H and O–H groups in total. The first-order valence-corrected chi connectivity index (χ1v) is 7.81. The van der Waals surface area contributed by atoms with Gasteiger partial charge in [0.15, 0.2) is 0 Å². The summed E-state index contributed by atoms with van der Waals surface area (Å²) >= 11 is 1.40. The number of thioether (sulfide) groups is 1.